The van der Waals surface area contributed by atoms with E-state index < -0.39 is 79.1 Å². The number of allylic oxidation sites excluding steroid dienone is 1. The zero-order valence-electron chi connectivity index (χ0n) is 17.8. The van der Waals surface area contributed by atoms with Crippen LogP contribution in [0.15, 0.2) is 35.6 Å². The van der Waals surface area contributed by atoms with Crippen LogP contribution in [0.3, 0.4) is 0 Å². The maximum Gasteiger partial charge on any atom is 0.337 e. The third kappa shape index (κ3) is 3.87. The smallest absolute Gasteiger partial charge is 0.337 e. The third-order valence-corrected chi connectivity index (χ3v) is 6.33. The fraction of sp³-hybridized carbons (Fsp3) is 0.619. The summed E-state index contributed by atoms with van der Waals surface area (Å²) in [5, 5.41) is 49.8. The van der Waals surface area contributed by atoms with Crippen LogP contribution in [0.2, 0.25) is 0 Å². The summed E-state index contributed by atoms with van der Waals surface area (Å²) >= 11 is 0. The molecule has 12 nitrogen and oxygen atoms in total. The zero-order chi connectivity index (χ0) is 24.1. The molecular formula is C21H26O12. The highest BCUT2D eigenvalue weighted by Gasteiger charge is 2.59. The van der Waals surface area contributed by atoms with Crippen LogP contribution in [0.1, 0.15) is 6.92 Å². The molecule has 3 aliphatic heterocycles. The minimum Gasteiger partial charge on any atom is -0.471 e. The summed E-state index contributed by atoms with van der Waals surface area (Å²) in [5.74, 6) is -3.03. The van der Waals surface area contributed by atoms with E-state index in [1.807, 2.05) is 0 Å². The Labute approximate surface area is 188 Å². The Bertz CT molecular complexity index is 892. The number of hydrogen-bond donors (Lipinski definition) is 5. The predicted molar refractivity (Wildman–Crippen MR) is 105 cm³/mol. The van der Waals surface area contributed by atoms with Crippen LogP contribution in [0.4, 0.5) is 0 Å². The lowest BCUT2D eigenvalue weighted by molar-refractivity contribution is -0.344. The van der Waals surface area contributed by atoms with E-state index >= 15 is 0 Å². The Balaban J connectivity index is 1.67. The van der Waals surface area contributed by atoms with Crippen molar-refractivity contribution in [3.8, 4) is 0 Å². The fourth-order valence-electron chi connectivity index (χ4n) is 4.57. The molecule has 10 atom stereocenters. The molecule has 12 heteroatoms. The normalized spacial score (nSPS) is 42.8. The molecule has 4 aliphatic rings. The van der Waals surface area contributed by atoms with Crippen molar-refractivity contribution in [3.05, 3.63) is 35.6 Å². The van der Waals surface area contributed by atoms with Crippen LogP contribution in [0.25, 0.3) is 0 Å². The molecule has 1 saturated heterocycles. The summed E-state index contributed by atoms with van der Waals surface area (Å²) in [6, 6.07) is 0. The second-order valence-electron chi connectivity index (χ2n) is 8.33. The van der Waals surface area contributed by atoms with E-state index in [2.05, 4.69) is 0 Å². The lowest BCUT2D eigenvalue weighted by Gasteiger charge is -2.44. The topological polar surface area (TPSA) is 181 Å². The Hall–Kier alpha value is -2.32. The first-order valence-corrected chi connectivity index (χ1v) is 10.4. The van der Waals surface area contributed by atoms with Gasteiger partial charge in [0.05, 0.1) is 43.1 Å². The average molecular weight is 470 g/mol. The molecule has 0 aromatic heterocycles. The molecule has 0 aromatic rings. The van der Waals surface area contributed by atoms with E-state index in [4.69, 9.17) is 23.7 Å². The number of methoxy groups -OCH3 is 1. The summed E-state index contributed by atoms with van der Waals surface area (Å²) in [6.07, 6.45) is -4.38. The lowest BCUT2D eigenvalue weighted by Crippen LogP contribution is -2.60. The average Bonchev–Trinajstić information content (AvgIpc) is 3.34. The Kier molecular flexibility index (Phi) is 6.35. The summed E-state index contributed by atoms with van der Waals surface area (Å²) in [4.78, 5) is 24.7. The van der Waals surface area contributed by atoms with Gasteiger partial charge in [-0.1, -0.05) is 6.08 Å². The van der Waals surface area contributed by atoms with Gasteiger partial charge in [-0.3, -0.25) is 0 Å². The summed E-state index contributed by atoms with van der Waals surface area (Å²) in [5.41, 5.74) is -1.30. The van der Waals surface area contributed by atoms with Gasteiger partial charge in [0.2, 0.25) is 6.29 Å². The van der Waals surface area contributed by atoms with Crippen molar-refractivity contribution in [1.82, 2.24) is 0 Å². The van der Waals surface area contributed by atoms with Crippen LogP contribution >= 0.6 is 0 Å². The van der Waals surface area contributed by atoms with Gasteiger partial charge in [-0.05, 0) is 19.1 Å². The Morgan fingerprint density at radius 2 is 1.94 bits per heavy atom. The first kappa shape index (κ1) is 23.8. The first-order chi connectivity index (χ1) is 15.6. The van der Waals surface area contributed by atoms with Gasteiger partial charge < -0.3 is 49.2 Å². The molecule has 1 spiro atoms. The molecule has 4 rings (SSSR count). The molecule has 0 saturated carbocycles. The van der Waals surface area contributed by atoms with Crippen LogP contribution in [0, 0.1) is 11.8 Å². The van der Waals surface area contributed by atoms with Crippen LogP contribution < -0.4 is 0 Å². The minimum atomic E-state index is -1.70. The molecule has 0 amide bonds. The van der Waals surface area contributed by atoms with E-state index in [-0.39, 0.29) is 11.1 Å². The molecular weight excluding hydrogens is 444 g/mol. The third-order valence-electron chi connectivity index (χ3n) is 6.33. The van der Waals surface area contributed by atoms with E-state index in [1.54, 1.807) is 12.2 Å². The second kappa shape index (κ2) is 8.80. The van der Waals surface area contributed by atoms with Crippen molar-refractivity contribution in [3.63, 3.8) is 0 Å². The molecule has 1 fully saturated rings. The fourth-order valence-corrected chi connectivity index (χ4v) is 4.57. The van der Waals surface area contributed by atoms with E-state index in [1.165, 1.54) is 20.1 Å². The van der Waals surface area contributed by atoms with Crippen LogP contribution in [0.5, 0.6) is 0 Å². The summed E-state index contributed by atoms with van der Waals surface area (Å²) in [7, 11) is 1.20. The number of aliphatic hydroxyl groups excluding tert-OH is 5. The highest BCUT2D eigenvalue weighted by atomic mass is 16.8. The van der Waals surface area contributed by atoms with Gasteiger partial charge in [-0.15, -0.1) is 0 Å². The van der Waals surface area contributed by atoms with E-state index in [0.29, 0.717) is 0 Å². The summed E-state index contributed by atoms with van der Waals surface area (Å²) < 4.78 is 27.2. The van der Waals surface area contributed by atoms with Crippen molar-refractivity contribution >= 4 is 11.9 Å². The van der Waals surface area contributed by atoms with Gasteiger partial charge >= 0.3 is 11.9 Å². The zero-order valence-corrected chi connectivity index (χ0v) is 17.8. The van der Waals surface area contributed by atoms with Crippen LogP contribution in [-0.2, 0) is 33.3 Å². The minimum absolute atomic E-state index is 0.0149. The second-order valence-corrected chi connectivity index (χ2v) is 8.33. The van der Waals surface area contributed by atoms with Crippen molar-refractivity contribution < 1.29 is 58.8 Å². The van der Waals surface area contributed by atoms with Crippen LogP contribution in [-0.4, -0.2) is 99.9 Å². The maximum absolute atomic E-state index is 12.4. The SMILES string of the molecule is COC(=O)C1=CO[C@@H](O[C@@H]2O[C@H](CO)[C@@H](O)[C@H](O)[C@H]2O)[C@H]2[C@@H]1C=C[C@@]21C=C([C@@H](C)O)C(=O)O1. The van der Waals surface area contributed by atoms with Gasteiger partial charge in [0.25, 0.3) is 0 Å². The monoisotopic (exact) mass is 470 g/mol. The molecule has 182 valence electrons. The van der Waals surface area contributed by atoms with Gasteiger partial charge in [0.1, 0.15) is 24.4 Å². The van der Waals surface area contributed by atoms with Gasteiger partial charge in [-0.25, -0.2) is 9.59 Å². The highest BCUT2D eigenvalue weighted by molar-refractivity contribution is 5.94. The molecule has 0 aromatic carbocycles. The molecule has 0 unspecified atom stereocenters. The maximum atomic E-state index is 12.4. The molecule has 0 bridgehead atoms. The van der Waals surface area contributed by atoms with Crippen molar-refractivity contribution in [1.29, 1.82) is 0 Å². The van der Waals surface area contributed by atoms with E-state index in [0.717, 1.165) is 6.26 Å². The number of rotatable bonds is 5. The summed E-state index contributed by atoms with van der Waals surface area (Å²) in [6.45, 7) is 0.750. The lowest BCUT2D eigenvalue weighted by atomic mass is 9.78. The number of esters is 2. The Morgan fingerprint density at radius 3 is 2.55 bits per heavy atom. The standard InChI is InChI=1S/C21H26O12/c1-8(23)10-5-21(33-18(10)28)4-3-9-11(17(27)29-2)7-30-19(13(9)21)32-20-16(26)15(25)14(24)12(6-22)31-20/h3-5,7-9,12-16,19-20,22-26H,6H2,1-2H3/t8-,9-,12-,13-,14-,15+,16-,19+,20+,21-/m1/s1. The molecule has 33 heavy (non-hydrogen) atoms. The first-order valence-electron chi connectivity index (χ1n) is 10.4. The van der Waals surface area contributed by atoms with Crippen molar-refractivity contribution in [2.24, 2.45) is 11.8 Å². The predicted octanol–water partition coefficient (Wildman–Crippen LogP) is -2.38. The van der Waals surface area contributed by atoms with E-state index in [9.17, 15) is 35.1 Å². The number of aliphatic hydroxyl groups is 5. The Morgan fingerprint density at radius 1 is 1.21 bits per heavy atom. The molecule has 0 radical (unpaired) electrons. The molecule has 1 aliphatic carbocycles. The molecule has 3 heterocycles. The number of fused-ring (bicyclic) bond motifs is 2. The quantitative estimate of drug-likeness (QED) is 0.213. The number of hydrogen-bond acceptors (Lipinski definition) is 12. The molecule has 5 N–H and O–H groups in total. The number of ether oxygens (including phenoxy) is 5. The number of carbonyl (C=O) groups excluding carboxylic acids is 2. The van der Waals surface area contributed by atoms with Gasteiger partial charge in [0.15, 0.2) is 11.9 Å². The largest absolute Gasteiger partial charge is 0.471 e. The number of carbonyl (C=O) groups is 2. The highest BCUT2D eigenvalue weighted by Crippen LogP contribution is 2.50. The van der Waals surface area contributed by atoms with Gasteiger partial charge in [0, 0.05) is 5.92 Å². The van der Waals surface area contributed by atoms with Crippen molar-refractivity contribution in [2.75, 3.05) is 13.7 Å². The van der Waals surface area contributed by atoms with Crippen molar-refractivity contribution in [2.45, 2.75) is 55.6 Å². The van der Waals surface area contributed by atoms with Gasteiger partial charge in [-0.2, -0.15) is 0 Å².